The Morgan fingerprint density at radius 2 is 2.03 bits per heavy atom. The van der Waals surface area contributed by atoms with Gasteiger partial charge in [-0.3, -0.25) is 4.79 Å². The minimum Gasteiger partial charge on any atom is -0.489 e. The first-order chi connectivity index (χ1) is 13.5. The number of halogens is 1. The minimum absolute atomic E-state index is 0. The zero-order valence-electron chi connectivity index (χ0n) is 17.8. The van der Waals surface area contributed by atoms with Gasteiger partial charge in [0.05, 0.1) is 6.54 Å². The predicted octanol–water partition coefficient (Wildman–Crippen LogP) is 3.57. The lowest BCUT2D eigenvalue weighted by Gasteiger charge is -2.34. The highest BCUT2D eigenvalue weighted by atomic mass is 127. The van der Waals surface area contributed by atoms with Crippen LogP contribution in [0.25, 0.3) is 0 Å². The highest BCUT2D eigenvalue weighted by Gasteiger charge is 2.24. The second-order valence-corrected chi connectivity index (χ2v) is 7.30. The maximum absolute atomic E-state index is 12.1. The zero-order chi connectivity index (χ0) is 20.4. The number of amides is 1. The van der Waals surface area contributed by atoms with Crippen LogP contribution in [0, 0.1) is 5.92 Å². The molecule has 0 aliphatic carbocycles. The number of carbonyl (C=O) groups excluding carboxylic acids is 1. The van der Waals surface area contributed by atoms with E-state index in [9.17, 15) is 4.79 Å². The minimum atomic E-state index is 0. The largest absolute Gasteiger partial charge is 0.489 e. The topological polar surface area (TPSA) is 66.0 Å². The van der Waals surface area contributed by atoms with Crippen LogP contribution in [0.3, 0.4) is 0 Å². The molecule has 2 N–H and O–H groups in total. The van der Waals surface area contributed by atoms with Crippen molar-refractivity contribution in [3.8, 4) is 5.75 Å². The van der Waals surface area contributed by atoms with Gasteiger partial charge in [-0.25, -0.2) is 4.99 Å². The Kier molecular flexibility index (Phi) is 11.7. The number of aliphatic imine (C=N–C) groups is 1. The van der Waals surface area contributed by atoms with E-state index in [1.165, 1.54) is 0 Å². The molecule has 0 saturated carbocycles. The number of guanidine groups is 1. The molecule has 1 aliphatic heterocycles. The van der Waals surface area contributed by atoms with Crippen LogP contribution in [-0.2, 0) is 11.3 Å². The quantitative estimate of drug-likeness (QED) is 0.241. The fourth-order valence-corrected chi connectivity index (χ4v) is 3.21. The summed E-state index contributed by atoms with van der Waals surface area (Å²) in [5.41, 5.74) is 1.04. The molecular weight excluding hydrogens is 479 g/mol. The summed E-state index contributed by atoms with van der Waals surface area (Å²) in [5.74, 6) is 1.94. The summed E-state index contributed by atoms with van der Waals surface area (Å²) in [6.07, 6.45) is 3.60. The fourth-order valence-electron chi connectivity index (χ4n) is 3.21. The van der Waals surface area contributed by atoms with E-state index in [2.05, 4.69) is 24.1 Å². The number of para-hydroxylation sites is 1. The van der Waals surface area contributed by atoms with Gasteiger partial charge in [-0.2, -0.15) is 0 Å². The van der Waals surface area contributed by atoms with Gasteiger partial charge in [-0.05, 0) is 25.8 Å². The van der Waals surface area contributed by atoms with Crippen molar-refractivity contribution in [1.82, 2.24) is 15.5 Å². The van der Waals surface area contributed by atoms with Gasteiger partial charge in [0.2, 0.25) is 5.91 Å². The van der Waals surface area contributed by atoms with Gasteiger partial charge in [0.25, 0.3) is 0 Å². The molecule has 0 aromatic heterocycles. The molecule has 162 valence electrons. The average Bonchev–Trinajstić information content (AvgIpc) is 2.71. The molecule has 1 aromatic carbocycles. The van der Waals surface area contributed by atoms with Gasteiger partial charge in [-0.15, -0.1) is 24.0 Å². The van der Waals surface area contributed by atoms with E-state index in [-0.39, 0.29) is 35.8 Å². The second kappa shape index (κ2) is 13.5. The van der Waals surface area contributed by atoms with E-state index in [1.54, 1.807) is 6.08 Å². The van der Waals surface area contributed by atoms with E-state index in [0.717, 1.165) is 49.7 Å². The number of carbonyl (C=O) groups is 1. The van der Waals surface area contributed by atoms with Crippen LogP contribution in [0.4, 0.5) is 0 Å². The maximum Gasteiger partial charge on any atom is 0.225 e. The first-order valence-electron chi connectivity index (χ1n) is 10.2. The number of ether oxygens (including phenoxy) is 1. The number of rotatable bonds is 8. The second-order valence-electron chi connectivity index (χ2n) is 7.30. The Balaban J connectivity index is 0.00000420. The summed E-state index contributed by atoms with van der Waals surface area (Å²) in [5, 5.41) is 6.84. The van der Waals surface area contributed by atoms with E-state index < -0.39 is 0 Å². The van der Waals surface area contributed by atoms with Gasteiger partial charge in [0.1, 0.15) is 12.4 Å². The molecule has 7 heteroatoms. The molecule has 0 bridgehead atoms. The third-order valence-corrected chi connectivity index (χ3v) is 4.72. The molecular formula is C22H35IN4O2. The monoisotopic (exact) mass is 514 g/mol. The summed E-state index contributed by atoms with van der Waals surface area (Å²) in [6.45, 7) is 13.1. The molecule has 1 saturated heterocycles. The van der Waals surface area contributed by atoms with Crippen molar-refractivity contribution in [3.63, 3.8) is 0 Å². The summed E-state index contributed by atoms with van der Waals surface area (Å²) >= 11 is 0. The van der Waals surface area contributed by atoms with E-state index in [1.807, 2.05) is 43.0 Å². The Morgan fingerprint density at radius 3 is 2.66 bits per heavy atom. The lowest BCUT2D eigenvalue weighted by atomic mass is 10.0. The maximum atomic E-state index is 12.1. The highest BCUT2D eigenvalue weighted by Crippen LogP contribution is 2.19. The Hall–Kier alpha value is -1.77. The number of benzene rings is 1. The predicted molar refractivity (Wildman–Crippen MR) is 130 cm³/mol. The zero-order valence-corrected chi connectivity index (χ0v) is 20.1. The number of likely N-dealkylation sites (tertiary alicyclic amines) is 1. The van der Waals surface area contributed by atoms with E-state index in [4.69, 9.17) is 9.73 Å². The molecule has 0 spiro atoms. The first-order valence-corrected chi connectivity index (χ1v) is 10.2. The number of hydrogen-bond donors (Lipinski definition) is 2. The molecule has 29 heavy (non-hydrogen) atoms. The Morgan fingerprint density at radius 1 is 1.34 bits per heavy atom. The van der Waals surface area contributed by atoms with Crippen molar-refractivity contribution in [2.45, 2.75) is 46.2 Å². The Labute approximate surface area is 192 Å². The third-order valence-electron chi connectivity index (χ3n) is 4.72. The van der Waals surface area contributed by atoms with Crippen molar-refractivity contribution < 1.29 is 9.53 Å². The van der Waals surface area contributed by atoms with Gasteiger partial charge in [0.15, 0.2) is 5.96 Å². The number of nitrogens with zero attached hydrogens (tertiary/aromatic N) is 2. The van der Waals surface area contributed by atoms with Crippen LogP contribution in [-0.4, -0.2) is 49.0 Å². The standard InChI is InChI=1S/C22H34N4O2.HI/c1-5-15-28-20-10-8-7-9-18(20)16-24-22(23-6-2)25-19-11-13-26(14-12-19)21(27)17(3)4;/h5,7-10,17,19H,1,6,11-16H2,2-4H3,(H2,23,24,25);1H. The summed E-state index contributed by atoms with van der Waals surface area (Å²) < 4.78 is 5.72. The van der Waals surface area contributed by atoms with Crippen LogP contribution >= 0.6 is 24.0 Å². The van der Waals surface area contributed by atoms with E-state index in [0.29, 0.717) is 19.2 Å². The van der Waals surface area contributed by atoms with Gasteiger partial charge >= 0.3 is 0 Å². The van der Waals surface area contributed by atoms with E-state index >= 15 is 0 Å². The SMILES string of the molecule is C=CCOc1ccccc1CN=C(NCC)NC1CCN(C(=O)C(C)C)CC1.I. The lowest BCUT2D eigenvalue weighted by molar-refractivity contribution is -0.135. The number of piperidine rings is 1. The first kappa shape index (κ1) is 25.3. The van der Waals surface area contributed by atoms with Crippen molar-refractivity contribution in [3.05, 3.63) is 42.5 Å². The normalized spacial score (nSPS) is 14.9. The van der Waals surface area contributed by atoms with Crippen molar-refractivity contribution in [2.75, 3.05) is 26.2 Å². The summed E-state index contributed by atoms with van der Waals surface area (Å²) in [7, 11) is 0. The van der Waals surface area contributed by atoms with Crippen molar-refractivity contribution in [2.24, 2.45) is 10.9 Å². The van der Waals surface area contributed by atoms with Gasteiger partial charge in [-0.1, -0.05) is 44.7 Å². The molecule has 0 atom stereocenters. The molecule has 1 aromatic rings. The Bertz CT molecular complexity index is 671. The molecule has 0 unspecified atom stereocenters. The summed E-state index contributed by atoms with van der Waals surface area (Å²) in [6, 6.07) is 8.26. The average molecular weight is 514 g/mol. The molecule has 1 fully saturated rings. The van der Waals surface area contributed by atoms with Crippen LogP contribution in [0.5, 0.6) is 5.75 Å². The summed E-state index contributed by atoms with van der Waals surface area (Å²) in [4.78, 5) is 18.9. The third kappa shape index (κ3) is 8.24. The van der Waals surface area contributed by atoms with Crippen LogP contribution in [0.2, 0.25) is 0 Å². The van der Waals surface area contributed by atoms with Gasteiger partial charge in [0, 0.05) is 37.2 Å². The smallest absolute Gasteiger partial charge is 0.225 e. The molecule has 6 nitrogen and oxygen atoms in total. The fraction of sp³-hybridized carbons (Fsp3) is 0.545. The van der Waals surface area contributed by atoms with Crippen molar-refractivity contribution >= 4 is 35.8 Å². The molecule has 1 aliphatic rings. The lowest BCUT2D eigenvalue weighted by Crippen LogP contribution is -2.50. The van der Waals surface area contributed by atoms with Crippen molar-refractivity contribution in [1.29, 1.82) is 0 Å². The molecule has 0 radical (unpaired) electrons. The van der Waals surface area contributed by atoms with Crippen LogP contribution < -0.4 is 15.4 Å². The number of hydrogen-bond acceptors (Lipinski definition) is 3. The highest BCUT2D eigenvalue weighted by molar-refractivity contribution is 14.0. The molecule has 2 rings (SSSR count). The van der Waals surface area contributed by atoms with Crippen LogP contribution in [0.15, 0.2) is 41.9 Å². The molecule has 1 amide bonds. The number of nitrogens with one attached hydrogen (secondary N) is 2. The van der Waals surface area contributed by atoms with Gasteiger partial charge < -0.3 is 20.3 Å². The molecule has 1 heterocycles. The van der Waals surface area contributed by atoms with Crippen LogP contribution in [0.1, 0.15) is 39.2 Å².